The van der Waals surface area contributed by atoms with Crippen molar-refractivity contribution in [1.29, 1.82) is 0 Å². The molecule has 0 radical (unpaired) electrons. The van der Waals surface area contributed by atoms with Gasteiger partial charge in [-0.1, -0.05) is 0 Å². The van der Waals surface area contributed by atoms with Gasteiger partial charge in [0.1, 0.15) is 11.6 Å². The molecule has 1 aromatic heterocycles. The maximum Gasteiger partial charge on any atom is 0.416 e. The minimum absolute atomic E-state index is 0.0472. The molecule has 1 aliphatic heterocycles. The average Bonchev–Trinajstić information content (AvgIpc) is 2.44. The van der Waals surface area contributed by atoms with Crippen molar-refractivity contribution in [2.45, 2.75) is 12.3 Å². The first-order valence-electron chi connectivity index (χ1n) is 6.48. The summed E-state index contributed by atoms with van der Waals surface area (Å²) in [6.07, 6.45) is -4.54. The van der Waals surface area contributed by atoms with Gasteiger partial charge in [-0.25, -0.2) is 10.8 Å². The molecular formula is C12H18F3N5O. The summed E-state index contributed by atoms with van der Waals surface area (Å²) in [6, 6.07) is 1.81. The molecule has 4 N–H and O–H groups in total. The molecule has 1 aliphatic rings. The minimum Gasteiger partial charge on any atom is -0.374 e. The number of nitrogens with two attached hydrogens (primary N) is 1. The number of hydrogen-bond donors (Lipinski definition) is 3. The van der Waals surface area contributed by atoms with Crippen molar-refractivity contribution in [1.82, 2.24) is 9.88 Å². The van der Waals surface area contributed by atoms with E-state index in [2.05, 4.69) is 20.6 Å². The lowest BCUT2D eigenvalue weighted by atomic mass is 10.2. The number of morpholine rings is 1. The molecule has 6 nitrogen and oxygen atoms in total. The van der Waals surface area contributed by atoms with E-state index in [0.29, 0.717) is 19.7 Å². The van der Waals surface area contributed by atoms with Gasteiger partial charge in [-0.15, -0.1) is 0 Å². The van der Waals surface area contributed by atoms with E-state index in [4.69, 9.17) is 10.6 Å². The molecule has 118 valence electrons. The molecule has 21 heavy (non-hydrogen) atoms. The number of aromatic nitrogens is 1. The Morgan fingerprint density at radius 2 is 2.14 bits per heavy atom. The Morgan fingerprint density at radius 1 is 1.43 bits per heavy atom. The quantitative estimate of drug-likeness (QED) is 0.572. The molecule has 1 fully saturated rings. The first-order valence-corrected chi connectivity index (χ1v) is 6.48. The highest BCUT2D eigenvalue weighted by Crippen LogP contribution is 2.31. The molecule has 9 heteroatoms. The number of hydrogen-bond acceptors (Lipinski definition) is 6. The summed E-state index contributed by atoms with van der Waals surface area (Å²) in [5, 5.41) is 2.86. The van der Waals surface area contributed by atoms with Crippen LogP contribution in [0.3, 0.4) is 0 Å². The number of rotatable bonds is 4. The number of hydrazine groups is 1. The van der Waals surface area contributed by atoms with Crippen LogP contribution >= 0.6 is 0 Å². The van der Waals surface area contributed by atoms with E-state index in [1.807, 2.05) is 7.05 Å². The summed E-state index contributed by atoms with van der Waals surface area (Å²) in [7, 11) is 1.97. The Morgan fingerprint density at radius 3 is 2.76 bits per heavy atom. The van der Waals surface area contributed by atoms with Crippen LogP contribution in [-0.2, 0) is 10.9 Å². The zero-order chi connectivity index (χ0) is 15.5. The minimum atomic E-state index is -4.45. The average molecular weight is 305 g/mol. The molecular weight excluding hydrogens is 287 g/mol. The fraction of sp³-hybridized carbons (Fsp3) is 0.583. The summed E-state index contributed by atoms with van der Waals surface area (Å²) < 4.78 is 43.9. The van der Waals surface area contributed by atoms with E-state index in [1.54, 1.807) is 0 Å². The maximum absolute atomic E-state index is 12.8. The van der Waals surface area contributed by atoms with Gasteiger partial charge in [0.15, 0.2) is 0 Å². The second kappa shape index (κ2) is 6.46. The maximum atomic E-state index is 12.8. The number of alkyl halides is 3. The number of nitrogen functional groups attached to an aromatic ring is 1. The normalized spacial score (nSPS) is 20.3. The summed E-state index contributed by atoms with van der Waals surface area (Å²) in [6.45, 7) is 2.55. The first kappa shape index (κ1) is 15.8. The van der Waals surface area contributed by atoms with Crippen molar-refractivity contribution in [3.8, 4) is 0 Å². The Kier molecular flexibility index (Phi) is 4.86. The molecule has 1 aromatic rings. The van der Waals surface area contributed by atoms with E-state index in [0.717, 1.165) is 18.7 Å². The molecule has 1 unspecified atom stereocenters. The van der Waals surface area contributed by atoms with Crippen LogP contribution in [0.5, 0.6) is 0 Å². The number of nitrogens with one attached hydrogen (secondary N) is 2. The largest absolute Gasteiger partial charge is 0.416 e. The SMILES string of the molecule is CN1CCOC(CNc2cc(C(F)(F)F)cc(NN)n2)C1. The number of ether oxygens (including phenoxy) is 1. The van der Waals surface area contributed by atoms with Crippen molar-refractivity contribution in [3.05, 3.63) is 17.7 Å². The summed E-state index contributed by atoms with van der Waals surface area (Å²) in [5.74, 6) is 5.21. The lowest BCUT2D eigenvalue weighted by Crippen LogP contribution is -2.43. The Bertz CT molecular complexity index is 482. The van der Waals surface area contributed by atoms with E-state index >= 15 is 0 Å². The Hall–Kier alpha value is -1.58. The molecule has 0 saturated carbocycles. The number of pyridine rings is 1. The molecule has 0 aliphatic carbocycles. The second-order valence-corrected chi connectivity index (χ2v) is 4.90. The predicted octanol–water partition coefficient (Wildman–Crippen LogP) is 1.13. The van der Waals surface area contributed by atoms with E-state index in [1.165, 1.54) is 0 Å². The Labute approximate surface area is 120 Å². The fourth-order valence-corrected chi connectivity index (χ4v) is 2.07. The van der Waals surface area contributed by atoms with Crippen LogP contribution in [0.2, 0.25) is 0 Å². The highest BCUT2D eigenvalue weighted by molar-refractivity contribution is 5.49. The lowest BCUT2D eigenvalue weighted by Gasteiger charge is -2.30. The third-order valence-electron chi connectivity index (χ3n) is 3.15. The van der Waals surface area contributed by atoms with Gasteiger partial charge in [-0.3, -0.25) is 0 Å². The van der Waals surface area contributed by atoms with Gasteiger partial charge < -0.3 is 20.4 Å². The van der Waals surface area contributed by atoms with E-state index in [-0.39, 0.29) is 17.7 Å². The molecule has 2 heterocycles. The topological polar surface area (TPSA) is 75.4 Å². The van der Waals surface area contributed by atoms with Gasteiger partial charge in [0, 0.05) is 19.6 Å². The van der Waals surface area contributed by atoms with Gasteiger partial charge in [0.05, 0.1) is 18.3 Å². The van der Waals surface area contributed by atoms with E-state index < -0.39 is 11.7 Å². The first-order chi connectivity index (χ1) is 9.88. The molecule has 0 bridgehead atoms. The van der Waals surface area contributed by atoms with Crippen LogP contribution in [0.4, 0.5) is 24.8 Å². The fourth-order valence-electron chi connectivity index (χ4n) is 2.07. The van der Waals surface area contributed by atoms with Gasteiger partial charge in [-0.2, -0.15) is 13.2 Å². The van der Waals surface area contributed by atoms with Crippen LogP contribution in [0, 0.1) is 0 Å². The van der Waals surface area contributed by atoms with Crippen molar-refractivity contribution in [2.24, 2.45) is 5.84 Å². The summed E-state index contributed by atoms with van der Waals surface area (Å²) in [4.78, 5) is 6.05. The summed E-state index contributed by atoms with van der Waals surface area (Å²) in [5.41, 5.74) is 1.32. The lowest BCUT2D eigenvalue weighted by molar-refractivity contribution is -0.137. The van der Waals surface area contributed by atoms with Gasteiger partial charge in [-0.05, 0) is 19.2 Å². The highest BCUT2D eigenvalue weighted by Gasteiger charge is 2.31. The van der Waals surface area contributed by atoms with E-state index in [9.17, 15) is 13.2 Å². The van der Waals surface area contributed by atoms with Gasteiger partial charge in [0.25, 0.3) is 0 Å². The highest BCUT2D eigenvalue weighted by atomic mass is 19.4. The number of nitrogens with zero attached hydrogens (tertiary/aromatic N) is 2. The molecule has 2 rings (SSSR count). The molecule has 1 atom stereocenters. The monoisotopic (exact) mass is 305 g/mol. The zero-order valence-corrected chi connectivity index (χ0v) is 11.6. The van der Waals surface area contributed by atoms with Crippen LogP contribution in [0.25, 0.3) is 0 Å². The standard InChI is InChI=1S/C12H18F3N5O/c1-20-2-3-21-9(7-20)6-17-10-4-8(12(13,14)15)5-11(18-10)19-16/h4-5,9H,2-3,6-7,16H2,1H3,(H2,17,18,19). The van der Waals surface area contributed by atoms with Crippen molar-refractivity contribution in [3.63, 3.8) is 0 Å². The predicted molar refractivity (Wildman–Crippen MR) is 72.8 cm³/mol. The summed E-state index contributed by atoms with van der Waals surface area (Å²) >= 11 is 0. The van der Waals surface area contributed by atoms with Crippen LogP contribution < -0.4 is 16.6 Å². The van der Waals surface area contributed by atoms with Crippen molar-refractivity contribution >= 4 is 11.6 Å². The third-order valence-corrected chi connectivity index (χ3v) is 3.15. The number of likely N-dealkylation sites (N-methyl/N-ethyl adjacent to an activating group) is 1. The Balaban J connectivity index is 2.05. The van der Waals surface area contributed by atoms with Crippen molar-refractivity contribution < 1.29 is 17.9 Å². The molecule has 0 aromatic carbocycles. The van der Waals surface area contributed by atoms with Crippen LogP contribution in [-0.4, -0.2) is 49.3 Å². The van der Waals surface area contributed by atoms with Crippen molar-refractivity contribution in [2.75, 3.05) is 44.0 Å². The van der Waals surface area contributed by atoms with Gasteiger partial charge >= 0.3 is 6.18 Å². The van der Waals surface area contributed by atoms with Crippen LogP contribution in [0.1, 0.15) is 5.56 Å². The van der Waals surface area contributed by atoms with Crippen LogP contribution in [0.15, 0.2) is 12.1 Å². The second-order valence-electron chi connectivity index (χ2n) is 4.90. The number of halogens is 3. The molecule has 1 saturated heterocycles. The smallest absolute Gasteiger partial charge is 0.374 e. The third kappa shape index (κ3) is 4.45. The zero-order valence-electron chi connectivity index (χ0n) is 11.6. The molecule has 0 amide bonds. The number of anilines is 2. The van der Waals surface area contributed by atoms with Gasteiger partial charge in [0.2, 0.25) is 0 Å². The molecule has 0 spiro atoms.